The van der Waals surface area contributed by atoms with Gasteiger partial charge in [0.1, 0.15) is 5.75 Å². The lowest BCUT2D eigenvalue weighted by Gasteiger charge is -2.10. The van der Waals surface area contributed by atoms with Crippen molar-refractivity contribution < 1.29 is 9.47 Å². The summed E-state index contributed by atoms with van der Waals surface area (Å²) in [6.45, 7) is 1.75. The van der Waals surface area contributed by atoms with E-state index >= 15 is 0 Å². The number of hydrogen-bond acceptors (Lipinski definition) is 5. The van der Waals surface area contributed by atoms with Crippen molar-refractivity contribution in [2.45, 2.75) is 11.7 Å². The van der Waals surface area contributed by atoms with Crippen molar-refractivity contribution >= 4 is 35.0 Å². The predicted molar refractivity (Wildman–Crippen MR) is 110 cm³/mol. The molecule has 0 unspecified atom stereocenters. The molecule has 0 spiro atoms. The van der Waals surface area contributed by atoms with E-state index in [1.165, 1.54) is 0 Å². The predicted octanol–water partition coefficient (Wildman–Crippen LogP) is 5.07. The number of para-hydroxylation sites is 1. The van der Waals surface area contributed by atoms with E-state index in [1.807, 2.05) is 53.1 Å². The molecule has 5 nitrogen and oxygen atoms in total. The van der Waals surface area contributed by atoms with E-state index in [1.54, 1.807) is 18.9 Å². The Balaban J connectivity index is 1.67. The van der Waals surface area contributed by atoms with Gasteiger partial charge in [-0.05, 0) is 36.4 Å². The first-order chi connectivity index (χ1) is 13.2. The first-order valence-electron chi connectivity index (χ1n) is 8.37. The van der Waals surface area contributed by atoms with Crippen LogP contribution < -0.4 is 4.74 Å². The topological polar surface area (TPSA) is 49.2 Å². The number of ether oxygens (including phenoxy) is 2. The number of methoxy groups -OCH3 is 1. The lowest BCUT2D eigenvalue weighted by atomic mass is 10.2. The van der Waals surface area contributed by atoms with E-state index in [0.717, 1.165) is 22.3 Å². The summed E-state index contributed by atoms with van der Waals surface area (Å²) in [6, 6.07) is 15.0. The Labute approximate surface area is 172 Å². The summed E-state index contributed by atoms with van der Waals surface area (Å²) in [5.74, 6) is 2.19. The third kappa shape index (κ3) is 5.39. The van der Waals surface area contributed by atoms with Crippen LogP contribution in [0, 0.1) is 0 Å². The minimum absolute atomic E-state index is 0.516. The van der Waals surface area contributed by atoms with Crippen LogP contribution in [-0.2, 0) is 11.3 Å². The molecule has 2 aromatic carbocycles. The van der Waals surface area contributed by atoms with Crippen LogP contribution in [0.5, 0.6) is 5.75 Å². The largest absolute Gasteiger partial charge is 0.491 e. The van der Waals surface area contributed by atoms with Gasteiger partial charge in [-0.25, -0.2) is 0 Å². The molecule has 1 aromatic heterocycles. The van der Waals surface area contributed by atoms with Crippen molar-refractivity contribution in [1.29, 1.82) is 0 Å². The number of hydrogen-bond donors (Lipinski definition) is 0. The molecule has 0 saturated heterocycles. The Morgan fingerprint density at radius 2 is 1.78 bits per heavy atom. The van der Waals surface area contributed by atoms with E-state index in [0.29, 0.717) is 35.6 Å². The Bertz CT molecular complexity index is 872. The van der Waals surface area contributed by atoms with Gasteiger partial charge < -0.3 is 9.47 Å². The van der Waals surface area contributed by atoms with Crippen LogP contribution in [0.15, 0.2) is 53.7 Å². The average Bonchev–Trinajstić information content (AvgIpc) is 3.08. The molecule has 1 heterocycles. The molecule has 0 bridgehead atoms. The third-order valence-electron chi connectivity index (χ3n) is 3.75. The van der Waals surface area contributed by atoms with Gasteiger partial charge in [0, 0.05) is 23.4 Å². The van der Waals surface area contributed by atoms with E-state index < -0.39 is 0 Å². The van der Waals surface area contributed by atoms with Crippen molar-refractivity contribution in [3.8, 4) is 17.1 Å². The van der Waals surface area contributed by atoms with Crippen LogP contribution in [-0.4, -0.2) is 40.8 Å². The maximum atomic E-state index is 6.10. The van der Waals surface area contributed by atoms with Gasteiger partial charge in [-0.2, -0.15) is 0 Å². The number of thioether (sulfide) groups is 1. The molecule has 0 aliphatic rings. The molecule has 0 saturated carbocycles. The highest BCUT2D eigenvalue weighted by molar-refractivity contribution is 7.99. The zero-order valence-electron chi connectivity index (χ0n) is 14.8. The van der Waals surface area contributed by atoms with Crippen LogP contribution in [0.25, 0.3) is 11.4 Å². The monoisotopic (exact) mass is 423 g/mol. The van der Waals surface area contributed by atoms with Gasteiger partial charge in [0.25, 0.3) is 0 Å². The second kappa shape index (κ2) is 9.99. The van der Waals surface area contributed by atoms with Crippen LogP contribution in [0.1, 0.15) is 0 Å². The summed E-state index contributed by atoms with van der Waals surface area (Å²) in [7, 11) is 1.68. The SMILES string of the molecule is COCCn1c(SCCOc2ccccc2Cl)nnc1-c1ccc(Cl)cc1. The van der Waals surface area contributed by atoms with Gasteiger partial charge in [-0.1, -0.05) is 47.1 Å². The van der Waals surface area contributed by atoms with Gasteiger partial charge in [-0.15, -0.1) is 10.2 Å². The van der Waals surface area contributed by atoms with Crippen LogP contribution in [0.3, 0.4) is 0 Å². The molecule has 0 amide bonds. The lowest BCUT2D eigenvalue weighted by Crippen LogP contribution is -2.08. The number of benzene rings is 2. The normalized spacial score (nSPS) is 10.9. The van der Waals surface area contributed by atoms with Crippen molar-refractivity contribution in [3.05, 3.63) is 58.6 Å². The molecular formula is C19H19Cl2N3O2S. The highest BCUT2D eigenvalue weighted by atomic mass is 35.5. The minimum atomic E-state index is 0.516. The van der Waals surface area contributed by atoms with Crippen molar-refractivity contribution in [2.24, 2.45) is 0 Å². The maximum Gasteiger partial charge on any atom is 0.191 e. The van der Waals surface area contributed by atoms with Crippen molar-refractivity contribution in [2.75, 3.05) is 26.1 Å². The average molecular weight is 424 g/mol. The Kier molecular flexibility index (Phi) is 7.41. The van der Waals surface area contributed by atoms with Gasteiger partial charge in [0.2, 0.25) is 0 Å². The zero-order valence-corrected chi connectivity index (χ0v) is 17.1. The number of aromatic nitrogens is 3. The van der Waals surface area contributed by atoms with Gasteiger partial charge in [0.15, 0.2) is 11.0 Å². The fourth-order valence-corrected chi connectivity index (χ4v) is 3.54. The number of nitrogens with zero attached hydrogens (tertiary/aromatic N) is 3. The first kappa shape index (κ1) is 20.0. The fourth-order valence-electron chi connectivity index (χ4n) is 2.44. The van der Waals surface area contributed by atoms with Gasteiger partial charge in [0.05, 0.1) is 24.8 Å². The Morgan fingerprint density at radius 3 is 2.52 bits per heavy atom. The molecule has 0 N–H and O–H groups in total. The number of halogens is 2. The Morgan fingerprint density at radius 1 is 1.00 bits per heavy atom. The van der Waals surface area contributed by atoms with E-state index in [-0.39, 0.29) is 0 Å². The highest BCUT2D eigenvalue weighted by Crippen LogP contribution is 2.26. The minimum Gasteiger partial charge on any atom is -0.491 e. The second-order valence-corrected chi connectivity index (χ2v) is 7.49. The summed E-state index contributed by atoms with van der Waals surface area (Å²) in [6.07, 6.45) is 0. The van der Waals surface area contributed by atoms with E-state index in [2.05, 4.69) is 10.2 Å². The summed E-state index contributed by atoms with van der Waals surface area (Å²) in [5, 5.41) is 10.8. The first-order valence-corrected chi connectivity index (χ1v) is 10.1. The van der Waals surface area contributed by atoms with Crippen LogP contribution in [0.4, 0.5) is 0 Å². The Hall–Kier alpha value is -1.73. The van der Waals surface area contributed by atoms with Gasteiger partial charge in [-0.3, -0.25) is 4.57 Å². The molecule has 0 aliphatic heterocycles. The van der Waals surface area contributed by atoms with E-state index in [9.17, 15) is 0 Å². The highest BCUT2D eigenvalue weighted by Gasteiger charge is 2.14. The summed E-state index contributed by atoms with van der Waals surface area (Å²) >= 11 is 13.7. The molecule has 0 atom stereocenters. The van der Waals surface area contributed by atoms with E-state index in [4.69, 9.17) is 32.7 Å². The van der Waals surface area contributed by atoms with Crippen molar-refractivity contribution in [3.63, 3.8) is 0 Å². The molecule has 27 heavy (non-hydrogen) atoms. The molecule has 8 heteroatoms. The van der Waals surface area contributed by atoms with Crippen LogP contribution >= 0.6 is 35.0 Å². The quantitative estimate of drug-likeness (QED) is 0.355. The molecule has 0 fully saturated rings. The molecule has 3 aromatic rings. The molecule has 0 aliphatic carbocycles. The second-order valence-electron chi connectivity index (χ2n) is 5.58. The van der Waals surface area contributed by atoms with Crippen LogP contribution in [0.2, 0.25) is 10.0 Å². The number of rotatable bonds is 9. The third-order valence-corrected chi connectivity index (χ3v) is 5.24. The lowest BCUT2D eigenvalue weighted by molar-refractivity contribution is 0.185. The maximum absolute atomic E-state index is 6.10. The van der Waals surface area contributed by atoms with Gasteiger partial charge >= 0.3 is 0 Å². The molecule has 3 rings (SSSR count). The molecular weight excluding hydrogens is 405 g/mol. The molecule has 0 radical (unpaired) electrons. The standard InChI is InChI=1S/C19H19Cl2N3O2S/c1-25-11-10-24-18(14-6-8-15(20)9-7-14)22-23-19(24)27-13-12-26-17-5-3-2-4-16(17)21/h2-9H,10-13H2,1H3. The molecule has 142 valence electrons. The fraction of sp³-hybridized carbons (Fsp3) is 0.263. The summed E-state index contributed by atoms with van der Waals surface area (Å²) < 4.78 is 13.0. The zero-order chi connectivity index (χ0) is 19.1. The summed E-state index contributed by atoms with van der Waals surface area (Å²) in [5.41, 5.74) is 0.960. The smallest absolute Gasteiger partial charge is 0.191 e. The van der Waals surface area contributed by atoms with Crippen molar-refractivity contribution in [1.82, 2.24) is 14.8 Å². The summed E-state index contributed by atoms with van der Waals surface area (Å²) in [4.78, 5) is 0.